The van der Waals surface area contributed by atoms with E-state index in [1.807, 2.05) is 17.5 Å². The smallest absolute Gasteiger partial charge is 0.234 e. The Hall–Kier alpha value is -3.03. The van der Waals surface area contributed by atoms with E-state index >= 15 is 0 Å². The second-order valence-corrected chi connectivity index (χ2v) is 9.19. The lowest BCUT2D eigenvalue weighted by Gasteiger charge is -2.31. The van der Waals surface area contributed by atoms with Gasteiger partial charge in [-0.15, -0.1) is 11.3 Å². The summed E-state index contributed by atoms with van der Waals surface area (Å²) in [4.78, 5) is 28.8. The van der Waals surface area contributed by atoms with Gasteiger partial charge in [0.1, 0.15) is 11.6 Å². The van der Waals surface area contributed by atoms with Gasteiger partial charge in [0.2, 0.25) is 5.91 Å². The molecule has 0 saturated carbocycles. The second-order valence-electron chi connectivity index (χ2n) is 8.21. The molecule has 1 atom stereocenters. The molecule has 3 aromatic rings. The van der Waals surface area contributed by atoms with Crippen LogP contribution in [0.2, 0.25) is 0 Å². The van der Waals surface area contributed by atoms with Crippen LogP contribution in [0.3, 0.4) is 0 Å². The molecule has 0 bridgehead atoms. The number of thiophene rings is 1. The van der Waals surface area contributed by atoms with E-state index in [1.54, 1.807) is 54.8 Å². The molecular formula is C26H27FN2O3S. The van der Waals surface area contributed by atoms with Crippen LogP contribution in [-0.4, -0.2) is 43.3 Å². The maximum Gasteiger partial charge on any atom is 0.234 e. The molecule has 0 unspecified atom stereocenters. The highest BCUT2D eigenvalue weighted by Gasteiger charge is 2.27. The summed E-state index contributed by atoms with van der Waals surface area (Å²) in [6, 6.07) is 17.0. The fraction of sp³-hybridized carbons (Fsp3) is 0.308. The van der Waals surface area contributed by atoms with E-state index in [0.29, 0.717) is 18.7 Å². The highest BCUT2D eigenvalue weighted by Crippen LogP contribution is 2.27. The fourth-order valence-electron chi connectivity index (χ4n) is 4.18. The minimum Gasteiger partial charge on any atom is -0.497 e. The Balaban J connectivity index is 1.32. The van der Waals surface area contributed by atoms with Gasteiger partial charge in [0.05, 0.1) is 19.7 Å². The van der Waals surface area contributed by atoms with Gasteiger partial charge in [-0.25, -0.2) is 4.39 Å². The maximum atomic E-state index is 13.4. The van der Waals surface area contributed by atoms with E-state index in [0.717, 1.165) is 29.0 Å². The number of halogens is 1. The van der Waals surface area contributed by atoms with Gasteiger partial charge >= 0.3 is 0 Å². The van der Waals surface area contributed by atoms with Crippen LogP contribution < -0.4 is 10.1 Å². The number of Topliss-reactive ketones (excluding diaryl/α,β-unsaturated/α-hetero) is 1. The first-order valence-electron chi connectivity index (χ1n) is 11.0. The van der Waals surface area contributed by atoms with E-state index in [4.69, 9.17) is 4.74 Å². The third-order valence-corrected chi connectivity index (χ3v) is 6.97. The number of hydrogen-bond acceptors (Lipinski definition) is 5. The van der Waals surface area contributed by atoms with Gasteiger partial charge in [0, 0.05) is 16.4 Å². The summed E-state index contributed by atoms with van der Waals surface area (Å²) in [6.45, 7) is 1.66. The SMILES string of the molecule is COc1ccc(C(=O)C2CCN(CC(=O)N[C@H](c3ccc(F)cc3)c3cccs3)CC2)cc1. The lowest BCUT2D eigenvalue weighted by molar-refractivity contribution is -0.123. The standard InChI is InChI=1S/C26H27FN2O3S/c1-32-22-10-6-19(7-11-22)26(31)20-12-14-29(15-13-20)17-24(30)28-25(23-3-2-16-33-23)18-4-8-21(27)9-5-18/h2-11,16,20,25H,12-15,17H2,1H3,(H,28,30)/t25-/m1/s1. The minimum absolute atomic E-state index is 0.0317. The quantitative estimate of drug-likeness (QED) is 0.489. The molecule has 1 fully saturated rings. The number of rotatable bonds is 8. The number of methoxy groups -OCH3 is 1. The van der Waals surface area contributed by atoms with Crippen molar-refractivity contribution >= 4 is 23.0 Å². The second kappa shape index (κ2) is 10.7. The molecular weight excluding hydrogens is 439 g/mol. The topological polar surface area (TPSA) is 58.6 Å². The van der Waals surface area contributed by atoms with E-state index in [1.165, 1.54) is 12.1 Å². The largest absolute Gasteiger partial charge is 0.497 e. The Bertz CT molecular complexity index is 1060. The predicted octanol–water partition coefficient (Wildman–Crippen LogP) is 4.70. The van der Waals surface area contributed by atoms with Gasteiger partial charge in [-0.1, -0.05) is 18.2 Å². The summed E-state index contributed by atoms with van der Waals surface area (Å²) >= 11 is 1.55. The Morgan fingerprint density at radius 3 is 2.39 bits per heavy atom. The molecule has 4 rings (SSSR count). The lowest BCUT2D eigenvalue weighted by atomic mass is 9.89. The first-order valence-corrected chi connectivity index (χ1v) is 11.9. The van der Waals surface area contributed by atoms with Crippen LogP contribution in [0.5, 0.6) is 5.75 Å². The van der Waals surface area contributed by atoms with Crippen molar-refractivity contribution in [1.82, 2.24) is 10.2 Å². The number of hydrogen-bond donors (Lipinski definition) is 1. The average molecular weight is 467 g/mol. The zero-order chi connectivity index (χ0) is 23.2. The van der Waals surface area contributed by atoms with Crippen LogP contribution >= 0.6 is 11.3 Å². The van der Waals surface area contributed by atoms with Crippen LogP contribution in [-0.2, 0) is 4.79 Å². The molecule has 0 radical (unpaired) electrons. The van der Waals surface area contributed by atoms with Crippen molar-refractivity contribution in [2.45, 2.75) is 18.9 Å². The van der Waals surface area contributed by atoms with Crippen molar-refractivity contribution in [3.8, 4) is 5.75 Å². The normalized spacial score (nSPS) is 15.7. The first-order chi connectivity index (χ1) is 16.0. The van der Waals surface area contributed by atoms with E-state index in [9.17, 15) is 14.0 Å². The number of likely N-dealkylation sites (tertiary alicyclic amines) is 1. The molecule has 7 heteroatoms. The highest BCUT2D eigenvalue weighted by molar-refractivity contribution is 7.10. The number of carbonyl (C=O) groups excluding carboxylic acids is 2. The predicted molar refractivity (Wildman–Crippen MR) is 127 cm³/mol. The molecule has 172 valence electrons. The third-order valence-electron chi connectivity index (χ3n) is 6.04. The molecule has 1 aliphatic heterocycles. The average Bonchev–Trinajstić information content (AvgIpc) is 3.38. The molecule has 2 heterocycles. The van der Waals surface area contributed by atoms with Crippen molar-refractivity contribution in [2.75, 3.05) is 26.7 Å². The Kier molecular flexibility index (Phi) is 7.52. The van der Waals surface area contributed by atoms with Crippen molar-refractivity contribution in [1.29, 1.82) is 0 Å². The fourth-order valence-corrected chi connectivity index (χ4v) is 4.99. The molecule has 33 heavy (non-hydrogen) atoms. The van der Waals surface area contributed by atoms with Gasteiger partial charge in [-0.3, -0.25) is 14.5 Å². The summed E-state index contributed by atoms with van der Waals surface area (Å²) in [7, 11) is 1.60. The number of carbonyl (C=O) groups is 2. The van der Waals surface area contributed by atoms with Gasteiger partial charge in [-0.2, -0.15) is 0 Å². The number of nitrogens with one attached hydrogen (secondary N) is 1. The van der Waals surface area contributed by atoms with Gasteiger partial charge in [0.15, 0.2) is 5.78 Å². The Morgan fingerprint density at radius 2 is 1.79 bits per heavy atom. The molecule has 1 aromatic heterocycles. The third kappa shape index (κ3) is 5.86. The highest BCUT2D eigenvalue weighted by atomic mass is 32.1. The molecule has 0 aliphatic carbocycles. The van der Waals surface area contributed by atoms with Crippen molar-refractivity contribution in [2.24, 2.45) is 5.92 Å². The number of ketones is 1. The van der Waals surface area contributed by atoms with E-state index in [2.05, 4.69) is 10.2 Å². The summed E-state index contributed by atoms with van der Waals surface area (Å²) < 4.78 is 18.5. The van der Waals surface area contributed by atoms with E-state index in [-0.39, 0.29) is 36.0 Å². The summed E-state index contributed by atoms with van der Waals surface area (Å²) in [5, 5.41) is 5.06. The molecule has 1 aliphatic rings. The van der Waals surface area contributed by atoms with Crippen molar-refractivity contribution in [3.63, 3.8) is 0 Å². The Labute approximate surface area is 197 Å². The number of amides is 1. The van der Waals surface area contributed by atoms with Gasteiger partial charge < -0.3 is 10.1 Å². The lowest BCUT2D eigenvalue weighted by Crippen LogP contribution is -2.43. The molecule has 1 amide bonds. The maximum absolute atomic E-state index is 13.4. The van der Waals surface area contributed by atoms with Crippen molar-refractivity contribution in [3.05, 3.63) is 87.9 Å². The van der Waals surface area contributed by atoms with Crippen LogP contribution in [0.15, 0.2) is 66.0 Å². The summed E-state index contributed by atoms with van der Waals surface area (Å²) in [5.74, 6) is 0.459. The van der Waals surface area contributed by atoms with Crippen LogP contribution in [0.1, 0.15) is 39.7 Å². The molecule has 0 spiro atoms. The molecule has 1 N–H and O–H groups in total. The molecule has 1 saturated heterocycles. The number of benzene rings is 2. The number of ether oxygens (including phenoxy) is 1. The zero-order valence-electron chi connectivity index (χ0n) is 18.5. The van der Waals surface area contributed by atoms with Crippen molar-refractivity contribution < 1.29 is 18.7 Å². The zero-order valence-corrected chi connectivity index (χ0v) is 19.3. The van der Waals surface area contributed by atoms with Crippen LogP contribution in [0.25, 0.3) is 0 Å². The Morgan fingerprint density at radius 1 is 1.09 bits per heavy atom. The monoisotopic (exact) mass is 466 g/mol. The van der Waals surface area contributed by atoms with Gasteiger partial charge in [-0.05, 0) is 79.3 Å². The van der Waals surface area contributed by atoms with E-state index < -0.39 is 0 Å². The number of piperidine rings is 1. The molecule has 2 aromatic carbocycles. The summed E-state index contributed by atoms with van der Waals surface area (Å²) in [6.07, 6.45) is 1.45. The first kappa shape index (κ1) is 23.1. The number of nitrogens with zero attached hydrogens (tertiary/aromatic N) is 1. The molecule has 5 nitrogen and oxygen atoms in total. The summed E-state index contributed by atoms with van der Waals surface area (Å²) in [5.41, 5.74) is 1.54. The van der Waals surface area contributed by atoms with Crippen LogP contribution in [0, 0.1) is 11.7 Å². The van der Waals surface area contributed by atoms with Gasteiger partial charge in [0.25, 0.3) is 0 Å². The minimum atomic E-state index is -0.313. The van der Waals surface area contributed by atoms with Crippen LogP contribution in [0.4, 0.5) is 4.39 Å².